The van der Waals surface area contributed by atoms with E-state index < -0.39 is 0 Å². The Labute approximate surface area is 118 Å². The normalized spacial score (nSPS) is 23.3. The van der Waals surface area contributed by atoms with Gasteiger partial charge in [0.2, 0.25) is 0 Å². The third-order valence-electron chi connectivity index (χ3n) is 3.74. The smallest absolute Gasteiger partial charge is 0.308 e. The molecule has 19 heavy (non-hydrogen) atoms. The molecule has 1 aliphatic rings. The molecule has 0 saturated heterocycles. The van der Waals surface area contributed by atoms with Gasteiger partial charge in [0.15, 0.2) is 0 Å². The zero-order valence-electron chi connectivity index (χ0n) is 11.6. The molecular formula is C14H22N2O2S. The van der Waals surface area contributed by atoms with E-state index in [1.165, 1.54) is 12.1 Å². The van der Waals surface area contributed by atoms with Crippen LogP contribution >= 0.6 is 11.3 Å². The maximum Gasteiger partial charge on any atom is 0.308 e. The molecule has 0 aromatic carbocycles. The van der Waals surface area contributed by atoms with Gasteiger partial charge in [0, 0.05) is 18.0 Å². The minimum atomic E-state index is -0.0504. The molecule has 106 valence electrons. The number of carbonyl (C=O) groups excluding carboxylic acids is 1. The summed E-state index contributed by atoms with van der Waals surface area (Å²) in [6, 6.07) is 0.507. The minimum Gasteiger partial charge on any atom is -0.469 e. The van der Waals surface area contributed by atoms with Crippen molar-refractivity contribution in [3.8, 4) is 0 Å². The van der Waals surface area contributed by atoms with Crippen molar-refractivity contribution in [3.05, 3.63) is 16.1 Å². The largest absolute Gasteiger partial charge is 0.469 e. The molecule has 1 aromatic rings. The van der Waals surface area contributed by atoms with Crippen molar-refractivity contribution in [2.75, 3.05) is 7.11 Å². The number of methoxy groups -OCH3 is 1. The van der Waals surface area contributed by atoms with E-state index in [0.717, 1.165) is 44.3 Å². The van der Waals surface area contributed by atoms with E-state index in [1.807, 2.05) is 0 Å². The van der Waals surface area contributed by atoms with E-state index in [2.05, 4.69) is 22.6 Å². The highest BCUT2D eigenvalue weighted by molar-refractivity contribution is 7.09. The lowest BCUT2D eigenvalue weighted by Gasteiger charge is -2.27. The van der Waals surface area contributed by atoms with Gasteiger partial charge in [-0.2, -0.15) is 0 Å². The van der Waals surface area contributed by atoms with Crippen LogP contribution in [0.25, 0.3) is 0 Å². The van der Waals surface area contributed by atoms with Crippen LogP contribution in [-0.4, -0.2) is 24.1 Å². The summed E-state index contributed by atoms with van der Waals surface area (Å²) in [4.78, 5) is 16.0. The molecule has 0 atom stereocenters. The first-order valence-electron chi connectivity index (χ1n) is 6.97. The molecule has 0 aliphatic heterocycles. The van der Waals surface area contributed by atoms with Gasteiger partial charge in [-0.15, -0.1) is 11.3 Å². The summed E-state index contributed by atoms with van der Waals surface area (Å²) in [5, 5.41) is 6.88. The number of nitrogens with one attached hydrogen (secondary N) is 1. The van der Waals surface area contributed by atoms with Crippen LogP contribution in [0.4, 0.5) is 0 Å². The number of nitrogens with zero attached hydrogens (tertiary/aromatic N) is 1. The number of thiazole rings is 1. The Balaban J connectivity index is 1.72. The zero-order chi connectivity index (χ0) is 13.7. The number of carbonyl (C=O) groups is 1. The lowest BCUT2D eigenvalue weighted by Crippen LogP contribution is -2.34. The minimum absolute atomic E-state index is 0.0504. The van der Waals surface area contributed by atoms with Gasteiger partial charge in [-0.05, 0) is 32.1 Å². The first kappa shape index (κ1) is 14.5. The number of rotatable bonds is 5. The topological polar surface area (TPSA) is 51.2 Å². The average Bonchev–Trinajstić information content (AvgIpc) is 2.93. The molecule has 0 unspecified atom stereocenters. The first-order valence-corrected chi connectivity index (χ1v) is 7.85. The van der Waals surface area contributed by atoms with Crippen LogP contribution in [0.2, 0.25) is 0 Å². The standard InChI is InChI=1S/C14H22N2O2S/c1-3-13-16-12(9-19-13)8-15-11-6-4-10(5-7-11)14(17)18-2/h9-11,15H,3-8H2,1-2H3. The maximum atomic E-state index is 11.4. The van der Waals surface area contributed by atoms with Crippen LogP contribution in [0.3, 0.4) is 0 Å². The zero-order valence-corrected chi connectivity index (χ0v) is 12.5. The Morgan fingerprint density at radius 3 is 2.79 bits per heavy atom. The van der Waals surface area contributed by atoms with E-state index in [0.29, 0.717) is 6.04 Å². The summed E-state index contributed by atoms with van der Waals surface area (Å²) in [5.41, 5.74) is 1.14. The maximum absolute atomic E-state index is 11.4. The van der Waals surface area contributed by atoms with Crippen molar-refractivity contribution in [3.63, 3.8) is 0 Å². The van der Waals surface area contributed by atoms with Gasteiger partial charge in [0.05, 0.1) is 23.7 Å². The van der Waals surface area contributed by atoms with E-state index in [1.54, 1.807) is 11.3 Å². The molecule has 0 amide bonds. The van der Waals surface area contributed by atoms with Crippen LogP contribution < -0.4 is 5.32 Å². The highest BCUT2D eigenvalue weighted by Gasteiger charge is 2.26. The number of hydrogen-bond donors (Lipinski definition) is 1. The van der Waals surface area contributed by atoms with Crippen LogP contribution in [0.15, 0.2) is 5.38 Å². The summed E-state index contributed by atoms with van der Waals surface area (Å²) in [6.07, 6.45) is 4.97. The molecule has 0 bridgehead atoms. The SMILES string of the molecule is CCc1nc(CNC2CCC(C(=O)OC)CC2)cs1. The average molecular weight is 282 g/mol. The third-order valence-corrected chi connectivity index (χ3v) is 4.78. The second kappa shape index (κ2) is 7.01. The van der Waals surface area contributed by atoms with Crippen molar-refractivity contribution in [2.24, 2.45) is 5.92 Å². The quantitative estimate of drug-likeness (QED) is 0.843. The second-order valence-electron chi connectivity index (χ2n) is 5.04. The van der Waals surface area contributed by atoms with Gasteiger partial charge in [0.25, 0.3) is 0 Å². The predicted molar refractivity (Wildman–Crippen MR) is 76.1 cm³/mol. The van der Waals surface area contributed by atoms with Crippen LogP contribution in [0.5, 0.6) is 0 Å². The van der Waals surface area contributed by atoms with Crippen molar-refractivity contribution in [1.29, 1.82) is 0 Å². The highest BCUT2D eigenvalue weighted by Crippen LogP contribution is 2.25. The molecule has 1 aliphatic carbocycles. The number of aryl methyl sites for hydroxylation is 1. The predicted octanol–water partition coefficient (Wildman–Crippen LogP) is 2.53. The monoisotopic (exact) mass is 282 g/mol. The van der Waals surface area contributed by atoms with Gasteiger partial charge in [0.1, 0.15) is 0 Å². The highest BCUT2D eigenvalue weighted by atomic mass is 32.1. The fourth-order valence-corrected chi connectivity index (χ4v) is 3.29. The molecule has 5 heteroatoms. The van der Waals surface area contributed by atoms with Crippen LogP contribution in [0, 0.1) is 5.92 Å². The fraction of sp³-hybridized carbons (Fsp3) is 0.714. The second-order valence-corrected chi connectivity index (χ2v) is 5.98. The number of ether oxygens (including phenoxy) is 1. The van der Waals surface area contributed by atoms with E-state index in [9.17, 15) is 4.79 Å². The number of hydrogen-bond acceptors (Lipinski definition) is 5. The molecule has 1 fully saturated rings. The van der Waals surface area contributed by atoms with Gasteiger partial charge in [-0.1, -0.05) is 6.92 Å². The Bertz CT molecular complexity index is 411. The van der Waals surface area contributed by atoms with E-state index >= 15 is 0 Å². The van der Waals surface area contributed by atoms with Gasteiger partial charge in [-0.3, -0.25) is 4.79 Å². The Morgan fingerprint density at radius 2 is 2.21 bits per heavy atom. The summed E-state index contributed by atoms with van der Waals surface area (Å²) < 4.78 is 4.80. The lowest BCUT2D eigenvalue weighted by atomic mass is 9.86. The Hall–Kier alpha value is -0.940. The van der Waals surface area contributed by atoms with Crippen LogP contribution in [0.1, 0.15) is 43.3 Å². The Morgan fingerprint density at radius 1 is 1.47 bits per heavy atom. The molecule has 1 aromatic heterocycles. The molecule has 1 heterocycles. The number of esters is 1. The van der Waals surface area contributed by atoms with E-state index in [4.69, 9.17) is 4.74 Å². The van der Waals surface area contributed by atoms with Gasteiger partial charge >= 0.3 is 5.97 Å². The third kappa shape index (κ3) is 4.01. The van der Waals surface area contributed by atoms with Crippen LogP contribution in [-0.2, 0) is 22.5 Å². The molecule has 1 saturated carbocycles. The lowest BCUT2D eigenvalue weighted by molar-refractivity contribution is -0.146. The van der Waals surface area contributed by atoms with Gasteiger partial charge < -0.3 is 10.1 Å². The Kier molecular flexibility index (Phi) is 5.34. The molecule has 0 spiro atoms. The molecule has 0 radical (unpaired) electrons. The number of aromatic nitrogens is 1. The van der Waals surface area contributed by atoms with Gasteiger partial charge in [-0.25, -0.2) is 4.98 Å². The molecule has 4 nitrogen and oxygen atoms in total. The van der Waals surface area contributed by atoms with E-state index in [-0.39, 0.29) is 11.9 Å². The van der Waals surface area contributed by atoms with Crippen molar-refractivity contribution >= 4 is 17.3 Å². The van der Waals surface area contributed by atoms with Crippen molar-refractivity contribution in [1.82, 2.24) is 10.3 Å². The summed E-state index contributed by atoms with van der Waals surface area (Å²) in [6.45, 7) is 2.97. The molecular weight excluding hydrogens is 260 g/mol. The fourth-order valence-electron chi connectivity index (χ4n) is 2.54. The molecule has 1 N–H and O–H groups in total. The summed E-state index contributed by atoms with van der Waals surface area (Å²) in [5.74, 6) is 0.0551. The van der Waals surface area contributed by atoms with Crippen molar-refractivity contribution < 1.29 is 9.53 Å². The summed E-state index contributed by atoms with van der Waals surface area (Å²) >= 11 is 1.73. The first-order chi connectivity index (χ1) is 9.22. The summed E-state index contributed by atoms with van der Waals surface area (Å²) in [7, 11) is 1.47. The van der Waals surface area contributed by atoms with Crippen molar-refractivity contribution in [2.45, 2.75) is 51.6 Å². The molecule has 2 rings (SSSR count).